The van der Waals surface area contributed by atoms with Crippen LogP contribution in [0.25, 0.3) is 0 Å². The van der Waals surface area contributed by atoms with Gasteiger partial charge in [0.15, 0.2) is 0 Å². The minimum Gasteiger partial charge on any atom is -0.352 e. The van der Waals surface area contributed by atoms with Gasteiger partial charge in [0.05, 0.1) is 16.6 Å². The molecule has 0 aromatic heterocycles. The molecule has 1 fully saturated rings. The van der Waals surface area contributed by atoms with E-state index in [0.29, 0.717) is 28.8 Å². The molecule has 2 aromatic rings. The average molecular weight is 391 g/mol. The van der Waals surface area contributed by atoms with Crippen LogP contribution in [0, 0.1) is 19.8 Å². The van der Waals surface area contributed by atoms with Crippen LogP contribution in [-0.4, -0.2) is 18.4 Å². The molecule has 1 atom stereocenters. The highest BCUT2D eigenvalue weighted by molar-refractivity contribution is 6.34. The van der Waals surface area contributed by atoms with Crippen molar-refractivity contribution in [3.8, 4) is 0 Å². The van der Waals surface area contributed by atoms with Gasteiger partial charge < -0.3 is 10.2 Å². The van der Waals surface area contributed by atoms with E-state index in [4.69, 9.17) is 23.2 Å². The summed E-state index contributed by atoms with van der Waals surface area (Å²) in [5.74, 6) is -0.639. The topological polar surface area (TPSA) is 49.4 Å². The van der Waals surface area contributed by atoms with Gasteiger partial charge in [0.2, 0.25) is 11.8 Å². The summed E-state index contributed by atoms with van der Waals surface area (Å²) in [6.07, 6.45) is 0.179. The molecule has 136 valence electrons. The second-order valence-electron chi connectivity index (χ2n) is 6.63. The highest BCUT2D eigenvalue weighted by Gasteiger charge is 2.36. The standard InChI is InChI=1S/C20H20Cl2N2O2/c1-12-7-13(2)19(17(22)8-12)24-11-15(9-18(24)25)20(26)23-10-14-5-3-4-6-16(14)21/h3-8,15H,9-11H2,1-2H3,(H,23,26). The molecule has 3 rings (SSSR count). The Kier molecular flexibility index (Phi) is 5.54. The Morgan fingerprint density at radius 1 is 1.19 bits per heavy atom. The molecule has 2 amide bonds. The number of hydrogen-bond donors (Lipinski definition) is 1. The van der Waals surface area contributed by atoms with Gasteiger partial charge in [-0.3, -0.25) is 9.59 Å². The van der Waals surface area contributed by atoms with Crippen LogP contribution in [0.15, 0.2) is 36.4 Å². The van der Waals surface area contributed by atoms with Crippen molar-refractivity contribution in [3.63, 3.8) is 0 Å². The van der Waals surface area contributed by atoms with Crippen LogP contribution in [-0.2, 0) is 16.1 Å². The van der Waals surface area contributed by atoms with E-state index in [0.717, 1.165) is 16.7 Å². The molecule has 1 aliphatic heterocycles. The average Bonchev–Trinajstić information content (AvgIpc) is 2.95. The first-order chi connectivity index (χ1) is 12.4. The van der Waals surface area contributed by atoms with Crippen LogP contribution in [0.4, 0.5) is 5.69 Å². The maximum absolute atomic E-state index is 12.5. The van der Waals surface area contributed by atoms with Crippen LogP contribution in [0.5, 0.6) is 0 Å². The quantitative estimate of drug-likeness (QED) is 0.846. The molecule has 1 saturated heterocycles. The number of hydrogen-bond acceptors (Lipinski definition) is 2. The van der Waals surface area contributed by atoms with Gasteiger partial charge in [0.25, 0.3) is 0 Å². The highest BCUT2D eigenvalue weighted by atomic mass is 35.5. The summed E-state index contributed by atoms with van der Waals surface area (Å²) in [6, 6.07) is 11.2. The fraction of sp³-hybridized carbons (Fsp3) is 0.300. The third-order valence-corrected chi connectivity index (χ3v) is 5.23. The number of amides is 2. The largest absolute Gasteiger partial charge is 0.352 e. The van der Waals surface area contributed by atoms with Gasteiger partial charge in [-0.25, -0.2) is 0 Å². The lowest BCUT2D eigenvalue weighted by molar-refractivity contribution is -0.126. The number of carbonyl (C=O) groups is 2. The third kappa shape index (κ3) is 3.87. The summed E-state index contributed by atoms with van der Waals surface area (Å²) in [6.45, 7) is 4.55. The van der Waals surface area contributed by atoms with E-state index in [9.17, 15) is 9.59 Å². The molecule has 1 aliphatic rings. The molecule has 0 spiro atoms. The number of aryl methyl sites for hydroxylation is 2. The second kappa shape index (κ2) is 7.68. The maximum Gasteiger partial charge on any atom is 0.227 e. The Labute approximate surface area is 163 Å². The first kappa shape index (κ1) is 18.7. The van der Waals surface area contributed by atoms with Crippen LogP contribution in [0.1, 0.15) is 23.1 Å². The van der Waals surface area contributed by atoms with Gasteiger partial charge in [-0.2, -0.15) is 0 Å². The molecule has 6 heteroatoms. The van der Waals surface area contributed by atoms with Crippen molar-refractivity contribution in [2.24, 2.45) is 5.92 Å². The second-order valence-corrected chi connectivity index (χ2v) is 7.44. The normalized spacial score (nSPS) is 16.8. The minimum absolute atomic E-state index is 0.0863. The number of halogens is 2. The summed E-state index contributed by atoms with van der Waals surface area (Å²) >= 11 is 12.5. The van der Waals surface area contributed by atoms with Gasteiger partial charge in [0, 0.05) is 24.5 Å². The maximum atomic E-state index is 12.5. The Bertz CT molecular complexity index is 844. The number of rotatable bonds is 4. The summed E-state index contributed by atoms with van der Waals surface area (Å²) in [7, 11) is 0. The number of nitrogens with zero attached hydrogens (tertiary/aromatic N) is 1. The zero-order valence-electron chi connectivity index (χ0n) is 14.7. The van der Waals surface area contributed by atoms with Gasteiger partial charge in [-0.05, 0) is 42.7 Å². The molecule has 0 bridgehead atoms. The molecular formula is C20H20Cl2N2O2. The Morgan fingerprint density at radius 2 is 1.92 bits per heavy atom. The SMILES string of the molecule is Cc1cc(C)c(N2CC(C(=O)NCc3ccccc3Cl)CC2=O)c(Cl)c1. The van der Waals surface area contributed by atoms with E-state index in [2.05, 4.69) is 5.32 Å². The van der Waals surface area contributed by atoms with Crippen LogP contribution >= 0.6 is 23.2 Å². The van der Waals surface area contributed by atoms with Crippen molar-refractivity contribution in [1.29, 1.82) is 0 Å². The lowest BCUT2D eigenvalue weighted by atomic mass is 10.1. The van der Waals surface area contributed by atoms with Crippen molar-refractivity contribution >= 4 is 40.7 Å². The number of benzene rings is 2. The van der Waals surface area contributed by atoms with E-state index in [1.54, 1.807) is 11.0 Å². The lowest BCUT2D eigenvalue weighted by Gasteiger charge is -2.21. The van der Waals surface area contributed by atoms with Crippen molar-refractivity contribution in [1.82, 2.24) is 5.32 Å². The van der Waals surface area contributed by atoms with Crippen LogP contribution in [0.3, 0.4) is 0 Å². The van der Waals surface area contributed by atoms with Crippen molar-refractivity contribution in [2.45, 2.75) is 26.8 Å². The fourth-order valence-electron chi connectivity index (χ4n) is 3.32. The van der Waals surface area contributed by atoms with Crippen molar-refractivity contribution in [3.05, 3.63) is 63.1 Å². The molecule has 0 aliphatic carbocycles. The smallest absolute Gasteiger partial charge is 0.227 e. The molecule has 0 saturated carbocycles. The van der Waals surface area contributed by atoms with Gasteiger partial charge in [0.1, 0.15) is 0 Å². The first-order valence-electron chi connectivity index (χ1n) is 8.45. The molecule has 1 unspecified atom stereocenters. The van der Waals surface area contributed by atoms with E-state index in [1.165, 1.54) is 0 Å². The third-order valence-electron chi connectivity index (χ3n) is 4.57. The number of nitrogens with one attached hydrogen (secondary N) is 1. The molecule has 2 aromatic carbocycles. The molecule has 0 radical (unpaired) electrons. The molecular weight excluding hydrogens is 371 g/mol. The molecule has 26 heavy (non-hydrogen) atoms. The summed E-state index contributed by atoms with van der Waals surface area (Å²) < 4.78 is 0. The van der Waals surface area contributed by atoms with E-state index >= 15 is 0 Å². The van der Waals surface area contributed by atoms with Crippen molar-refractivity contribution < 1.29 is 9.59 Å². The zero-order chi connectivity index (χ0) is 18.8. The monoisotopic (exact) mass is 390 g/mol. The summed E-state index contributed by atoms with van der Waals surface area (Å²) in [5.41, 5.74) is 3.52. The lowest BCUT2D eigenvalue weighted by Crippen LogP contribution is -2.33. The zero-order valence-corrected chi connectivity index (χ0v) is 16.2. The molecule has 1 N–H and O–H groups in total. The van der Waals surface area contributed by atoms with Gasteiger partial charge in [-0.15, -0.1) is 0 Å². The van der Waals surface area contributed by atoms with Gasteiger partial charge >= 0.3 is 0 Å². The predicted octanol–water partition coefficient (Wildman–Crippen LogP) is 4.28. The minimum atomic E-state index is -0.401. The Balaban J connectivity index is 1.70. The number of carbonyl (C=O) groups excluding carboxylic acids is 2. The Hall–Kier alpha value is -2.04. The molecule has 4 nitrogen and oxygen atoms in total. The predicted molar refractivity (Wildman–Crippen MR) is 105 cm³/mol. The van der Waals surface area contributed by atoms with Crippen LogP contribution < -0.4 is 10.2 Å². The van der Waals surface area contributed by atoms with Crippen LogP contribution in [0.2, 0.25) is 10.0 Å². The van der Waals surface area contributed by atoms with E-state index < -0.39 is 5.92 Å². The van der Waals surface area contributed by atoms with E-state index in [1.807, 2.05) is 44.2 Å². The number of anilines is 1. The van der Waals surface area contributed by atoms with E-state index in [-0.39, 0.29) is 18.2 Å². The van der Waals surface area contributed by atoms with Crippen molar-refractivity contribution in [2.75, 3.05) is 11.4 Å². The van der Waals surface area contributed by atoms with Gasteiger partial charge in [-0.1, -0.05) is 47.5 Å². The molecule has 1 heterocycles. The highest BCUT2D eigenvalue weighted by Crippen LogP contribution is 2.35. The Morgan fingerprint density at radius 3 is 2.62 bits per heavy atom. The first-order valence-corrected chi connectivity index (χ1v) is 9.20. The summed E-state index contributed by atoms with van der Waals surface area (Å²) in [4.78, 5) is 26.6. The fourth-order valence-corrected chi connectivity index (χ4v) is 3.94. The summed E-state index contributed by atoms with van der Waals surface area (Å²) in [5, 5.41) is 4.02.